The summed E-state index contributed by atoms with van der Waals surface area (Å²) in [7, 11) is 1.61. The van der Waals surface area contributed by atoms with Crippen molar-refractivity contribution in [3.8, 4) is 5.75 Å². The van der Waals surface area contributed by atoms with E-state index in [9.17, 15) is 14.4 Å². The SMILES string of the molecule is CN1CC(=O)N(CCCC(=O)N2CC[NH+](Cc3ccc4c(c3)CCO4)CC2)C1=O. The topological polar surface area (TPSA) is 74.6 Å². The number of benzene rings is 1. The highest BCUT2D eigenvalue weighted by Gasteiger charge is 2.33. The number of piperazine rings is 1. The molecule has 0 bridgehead atoms. The number of carbonyl (C=O) groups is 3. The third-order valence-corrected chi connectivity index (χ3v) is 6.03. The number of imide groups is 1. The molecule has 4 amide bonds. The first-order valence-corrected chi connectivity index (χ1v) is 10.4. The minimum Gasteiger partial charge on any atom is -0.493 e. The normalized spacial score (nSPS) is 19.7. The number of carbonyl (C=O) groups excluding carboxylic acids is 3. The van der Waals surface area contributed by atoms with Crippen LogP contribution in [0.25, 0.3) is 0 Å². The van der Waals surface area contributed by atoms with Gasteiger partial charge in [-0.05, 0) is 30.2 Å². The van der Waals surface area contributed by atoms with Gasteiger partial charge in [0, 0.05) is 32.0 Å². The fraction of sp³-hybridized carbons (Fsp3) is 0.571. The highest BCUT2D eigenvalue weighted by molar-refractivity contribution is 6.01. The molecule has 2 saturated heterocycles. The second-order valence-electron chi connectivity index (χ2n) is 8.14. The van der Waals surface area contributed by atoms with Gasteiger partial charge >= 0.3 is 6.03 Å². The predicted octanol–water partition coefficient (Wildman–Crippen LogP) is -0.477. The molecule has 1 aromatic rings. The van der Waals surface area contributed by atoms with Gasteiger partial charge < -0.3 is 19.4 Å². The second-order valence-corrected chi connectivity index (χ2v) is 8.14. The number of nitrogens with one attached hydrogen (secondary N) is 1. The molecular formula is C21H29N4O4+. The highest BCUT2D eigenvalue weighted by Crippen LogP contribution is 2.25. The Morgan fingerprint density at radius 1 is 1.21 bits per heavy atom. The Hall–Kier alpha value is -2.61. The number of rotatable bonds is 6. The first kappa shape index (κ1) is 19.7. The van der Waals surface area contributed by atoms with Crippen molar-refractivity contribution in [3.05, 3.63) is 29.3 Å². The Balaban J connectivity index is 1.19. The quantitative estimate of drug-likeness (QED) is 0.654. The van der Waals surface area contributed by atoms with E-state index >= 15 is 0 Å². The maximum Gasteiger partial charge on any atom is 0.326 e. The Morgan fingerprint density at radius 3 is 2.72 bits per heavy atom. The molecule has 0 saturated carbocycles. The molecule has 0 atom stereocenters. The van der Waals surface area contributed by atoms with Gasteiger partial charge in [-0.2, -0.15) is 0 Å². The van der Waals surface area contributed by atoms with Crippen molar-refractivity contribution in [3.63, 3.8) is 0 Å². The summed E-state index contributed by atoms with van der Waals surface area (Å²) in [6, 6.07) is 6.21. The summed E-state index contributed by atoms with van der Waals surface area (Å²) in [6.07, 6.45) is 1.89. The van der Waals surface area contributed by atoms with Crippen LogP contribution in [0, 0.1) is 0 Å². The van der Waals surface area contributed by atoms with E-state index in [-0.39, 0.29) is 24.4 Å². The zero-order valence-electron chi connectivity index (χ0n) is 17.0. The molecule has 8 nitrogen and oxygen atoms in total. The molecule has 8 heteroatoms. The molecule has 156 valence electrons. The summed E-state index contributed by atoms with van der Waals surface area (Å²) in [6.45, 7) is 5.60. The minimum absolute atomic E-state index is 0.117. The Kier molecular flexibility index (Phi) is 5.71. The molecule has 3 aliphatic rings. The van der Waals surface area contributed by atoms with Gasteiger partial charge in [0.05, 0.1) is 32.8 Å². The van der Waals surface area contributed by atoms with Crippen LogP contribution in [-0.2, 0) is 22.6 Å². The van der Waals surface area contributed by atoms with E-state index in [4.69, 9.17) is 4.74 Å². The average Bonchev–Trinajstić information content (AvgIpc) is 3.27. The van der Waals surface area contributed by atoms with Crippen LogP contribution >= 0.6 is 0 Å². The van der Waals surface area contributed by atoms with Crippen LogP contribution in [0.15, 0.2) is 18.2 Å². The van der Waals surface area contributed by atoms with E-state index in [0.29, 0.717) is 19.4 Å². The van der Waals surface area contributed by atoms with Gasteiger partial charge in [0.2, 0.25) is 11.8 Å². The summed E-state index contributed by atoms with van der Waals surface area (Å²) in [5.41, 5.74) is 2.63. The summed E-state index contributed by atoms with van der Waals surface area (Å²) in [5.74, 6) is 0.953. The number of urea groups is 1. The number of hydrogen-bond acceptors (Lipinski definition) is 4. The van der Waals surface area contributed by atoms with E-state index in [1.165, 1.54) is 25.8 Å². The number of amides is 4. The largest absolute Gasteiger partial charge is 0.493 e. The van der Waals surface area contributed by atoms with E-state index in [1.54, 1.807) is 7.05 Å². The number of hydrogen-bond donors (Lipinski definition) is 1. The third-order valence-electron chi connectivity index (χ3n) is 6.03. The lowest BCUT2D eigenvalue weighted by Gasteiger charge is -2.32. The number of ether oxygens (including phenoxy) is 1. The second kappa shape index (κ2) is 8.41. The van der Waals surface area contributed by atoms with Gasteiger partial charge in [-0.1, -0.05) is 0 Å². The van der Waals surface area contributed by atoms with Crippen molar-refractivity contribution < 1.29 is 24.0 Å². The van der Waals surface area contributed by atoms with Gasteiger partial charge in [-0.15, -0.1) is 0 Å². The fourth-order valence-corrected chi connectivity index (χ4v) is 4.32. The minimum atomic E-state index is -0.266. The molecule has 0 radical (unpaired) electrons. The molecule has 3 heterocycles. The monoisotopic (exact) mass is 401 g/mol. The number of quaternary nitrogens is 1. The van der Waals surface area contributed by atoms with Crippen LogP contribution in [0.3, 0.4) is 0 Å². The highest BCUT2D eigenvalue weighted by atomic mass is 16.5. The van der Waals surface area contributed by atoms with Crippen molar-refractivity contribution in [1.82, 2.24) is 14.7 Å². The molecular weight excluding hydrogens is 372 g/mol. The lowest BCUT2D eigenvalue weighted by molar-refractivity contribution is -0.917. The zero-order valence-corrected chi connectivity index (χ0v) is 17.0. The van der Waals surface area contributed by atoms with Crippen LogP contribution in [-0.4, -0.2) is 85.5 Å². The first-order valence-electron chi connectivity index (χ1n) is 10.4. The van der Waals surface area contributed by atoms with E-state index < -0.39 is 0 Å². The molecule has 4 rings (SSSR count). The maximum absolute atomic E-state index is 12.5. The molecule has 29 heavy (non-hydrogen) atoms. The summed E-state index contributed by atoms with van der Waals surface area (Å²) < 4.78 is 5.57. The fourth-order valence-electron chi connectivity index (χ4n) is 4.32. The van der Waals surface area contributed by atoms with Crippen molar-refractivity contribution in [2.45, 2.75) is 25.8 Å². The molecule has 3 aliphatic heterocycles. The van der Waals surface area contributed by atoms with Crippen LogP contribution in [0.2, 0.25) is 0 Å². The van der Waals surface area contributed by atoms with E-state index in [2.05, 4.69) is 18.2 Å². The molecule has 1 N–H and O–H groups in total. The van der Waals surface area contributed by atoms with Crippen molar-refractivity contribution >= 4 is 17.8 Å². The van der Waals surface area contributed by atoms with Crippen LogP contribution < -0.4 is 9.64 Å². The van der Waals surface area contributed by atoms with Crippen LogP contribution in [0.5, 0.6) is 5.75 Å². The molecule has 2 fully saturated rings. The van der Waals surface area contributed by atoms with Gasteiger partial charge in [0.15, 0.2) is 0 Å². The van der Waals surface area contributed by atoms with Crippen molar-refractivity contribution in [1.29, 1.82) is 0 Å². The standard InChI is InChI=1S/C21H28N4O4/c1-22-15-20(27)25(21(22)28)7-2-3-19(26)24-10-8-23(9-11-24)14-16-4-5-18-17(13-16)6-12-29-18/h4-5,13H,2-3,6-12,14-15H2,1H3/p+1. The summed E-state index contributed by atoms with van der Waals surface area (Å²) >= 11 is 0. The van der Waals surface area contributed by atoms with Crippen molar-refractivity contribution in [2.24, 2.45) is 0 Å². The first-order chi connectivity index (χ1) is 14.0. The van der Waals surface area contributed by atoms with Crippen LogP contribution in [0.4, 0.5) is 4.79 Å². The predicted molar refractivity (Wildman–Crippen MR) is 106 cm³/mol. The molecule has 1 aromatic carbocycles. The summed E-state index contributed by atoms with van der Waals surface area (Å²) in [4.78, 5) is 42.2. The van der Waals surface area contributed by atoms with Gasteiger partial charge in [0.1, 0.15) is 18.8 Å². The number of nitrogens with zero attached hydrogens (tertiary/aromatic N) is 3. The smallest absolute Gasteiger partial charge is 0.326 e. The molecule has 0 aromatic heterocycles. The van der Waals surface area contributed by atoms with E-state index in [0.717, 1.165) is 51.5 Å². The Bertz CT molecular complexity index is 804. The molecule has 0 unspecified atom stereocenters. The third kappa shape index (κ3) is 4.37. The van der Waals surface area contributed by atoms with Crippen molar-refractivity contribution in [2.75, 3.05) is 52.9 Å². The van der Waals surface area contributed by atoms with Gasteiger partial charge in [-0.3, -0.25) is 14.5 Å². The Morgan fingerprint density at radius 2 is 2.00 bits per heavy atom. The van der Waals surface area contributed by atoms with Gasteiger partial charge in [0.25, 0.3) is 0 Å². The lowest BCUT2D eigenvalue weighted by Crippen LogP contribution is -3.13. The lowest BCUT2D eigenvalue weighted by atomic mass is 10.1. The zero-order chi connectivity index (χ0) is 20.4. The van der Waals surface area contributed by atoms with Gasteiger partial charge in [-0.25, -0.2) is 4.79 Å². The maximum atomic E-state index is 12.5. The van der Waals surface area contributed by atoms with Crippen LogP contribution in [0.1, 0.15) is 24.0 Å². The summed E-state index contributed by atoms with van der Waals surface area (Å²) in [5, 5.41) is 0. The number of fused-ring (bicyclic) bond motifs is 1. The molecule has 0 aliphatic carbocycles. The molecule has 0 spiro atoms. The Labute approximate surface area is 171 Å². The number of likely N-dealkylation sites (N-methyl/N-ethyl adjacent to an activating group) is 1. The average molecular weight is 401 g/mol. The van der Waals surface area contributed by atoms with E-state index in [1.807, 2.05) is 4.90 Å².